The molecule has 0 aromatic heterocycles. The van der Waals surface area contributed by atoms with Crippen LogP contribution >= 0.6 is 23.2 Å². The van der Waals surface area contributed by atoms with Crippen molar-refractivity contribution >= 4 is 35.1 Å². The van der Waals surface area contributed by atoms with Crippen molar-refractivity contribution in [1.82, 2.24) is 15.5 Å². The monoisotopic (exact) mass is 341 g/mol. The highest BCUT2D eigenvalue weighted by atomic mass is 35.5. The number of hydrogen-bond acceptors (Lipinski definition) is 3. The van der Waals surface area contributed by atoms with Crippen LogP contribution in [0.3, 0.4) is 0 Å². The minimum absolute atomic E-state index is 0.215. The summed E-state index contributed by atoms with van der Waals surface area (Å²) in [6.45, 7) is 2.25. The van der Waals surface area contributed by atoms with Crippen LogP contribution in [-0.2, 0) is 11.2 Å². The lowest BCUT2D eigenvalue weighted by Gasteiger charge is -2.38. The van der Waals surface area contributed by atoms with E-state index in [1.807, 2.05) is 12.1 Å². The fraction of sp³-hybridized carbons (Fsp3) is 0.467. The fourth-order valence-corrected chi connectivity index (χ4v) is 3.76. The number of imide groups is 1. The van der Waals surface area contributed by atoms with Gasteiger partial charge in [-0.25, -0.2) is 4.79 Å². The van der Waals surface area contributed by atoms with E-state index in [4.69, 9.17) is 23.2 Å². The van der Waals surface area contributed by atoms with Crippen LogP contribution < -0.4 is 10.6 Å². The Hall–Kier alpha value is -1.30. The number of carbonyl (C=O) groups excluding carboxylic acids is 2. The van der Waals surface area contributed by atoms with Gasteiger partial charge in [-0.2, -0.15) is 0 Å². The molecule has 2 aliphatic heterocycles. The maximum atomic E-state index is 12.0. The summed E-state index contributed by atoms with van der Waals surface area (Å²) < 4.78 is 0. The van der Waals surface area contributed by atoms with Crippen LogP contribution in [0.4, 0.5) is 4.79 Å². The van der Waals surface area contributed by atoms with E-state index in [1.165, 1.54) is 0 Å². The molecule has 1 atom stereocenters. The lowest BCUT2D eigenvalue weighted by atomic mass is 9.89. The van der Waals surface area contributed by atoms with Crippen LogP contribution in [0.2, 0.25) is 10.0 Å². The topological polar surface area (TPSA) is 61.4 Å². The molecule has 5 nitrogen and oxygen atoms in total. The zero-order valence-electron chi connectivity index (χ0n) is 12.0. The first kappa shape index (κ1) is 15.6. The molecule has 2 N–H and O–H groups in total. The van der Waals surface area contributed by atoms with Crippen LogP contribution in [0.1, 0.15) is 18.4 Å². The molecular weight excluding hydrogens is 325 g/mol. The molecule has 3 rings (SSSR count). The molecule has 2 heterocycles. The second-order valence-corrected chi connectivity index (χ2v) is 6.77. The SMILES string of the molecule is O=C1NC(=O)C2(CCCN(CCc3cc(Cl)cc(Cl)c3)C2)N1. The third-order valence-electron chi connectivity index (χ3n) is 4.22. The average Bonchev–Trinajstić information content (AvgIpc) is 2.69. The van der Waals surface area contributed by atoms with Crippen molar-refractivity contribution in [3.63, 3.8) is 0 Å². The minimum Gasteiger partial charge on any atom is -0.322 e. The Morgan fingerprint density at radius 1 is 1.18 bits per heavy atom. The molecule has 22 heavy (non-hydrogen) atoms. The Morgan fingerprint density at radius 2 is 1.91 bits per heavy atom. The van der Waals surface area contributed by atoms with Crippen molar-refractivity contribution in [3.05, 3.63) is 33.8 Å². The van der Waals surface area contributed by atoms with Crippen LogP contribution in [-0.4, -0.2) is 42.0 Å². The molecule has 0 aliphatic carbocycles. The van der Waals surface area contributed by atoms with Crippen molar-refractivity contribution in [2.75, 3.05) is 19.6 Å². The smallest absolute Gasteiger partial charge is 0.322 e. The fourth-order valence-electron chi connectivity index (χ4n) is 3.19. The predicted molar refractivity (Wildman–Crippen MR) is 85.2 cm³/mol. The van der Waals surface area contributed by atoms with Crippen LogP contribution in [0.15, 0.2) is 18.2 Å². The van der Waals surface area contributed by atoms with Crippen molar-refractivity contribution in [2.45, 2.75) is 24.8 Å². The number of urea groups is 1. The van der Waals surface area contributed by atoms with Crippen molar-refractivity contribution in [1.29, 1.82) is 0 Å². The minimum atomic E-state index is -0.763. The van der Waals surface area contributed by atoms with E-state index in [2.05, 4.69) is 15.5 Å². The van der Waals surface area contributed by atoms with Gasteiger partial charge in [0, 0.05) is 23.1 Å². The summed E-state index contributed by atoms with van der Waals surface area (Å²) in [5.41, 5.74) is 0.304. The molecule has 2 saturated heterocycles. The summed E-state index contributed by atoms with van der Waals surface area (Å²) in [6.07, 6.45) is 2.36. The number of amides is 3. The van der Waals surface area contributed by atoms with Gasteiger partial charge in [0.2, 0.25) is 0 Å². The Balaban J connectivity index is 1.63. The molecule has 1 spiro atoms. The highest BCUT2D eigenvalue weighted by Gasteiger charge is 2.48. The maximum absolute atomic E-state index is 12.0. The van der Waals surface area contributed by atoms with E-state index in [1.54, 1.807) is 6.07 Å². The van der Waals surface area contributed by atoms with Crippen LogP contribution in [0, 0.1) is 0 Å². The van der Waals surface area contributed by atoms with Gasteiger partial charge in [0.25, 0.3) is 5.91 Å². The number of hydrogen-bond donors (Lipinski definition) is 2. The highest BCUT2D eigenvalue weighted by Crippen LogP contribution is 2.25. The number of benzene rings is 1. The molecule has 2 aliphatic rings. The lowest BCUT2D eigenvalue weighted by molar-refractivity contribution is -0.125. The van der Waals surface area contributed by atoms with Gasteiger partial charge in [-0.3, -0.25) is 10.1 Å². The number of carbonyl (C=O) groups is 2. The average molecular weight is 342 g/mol. The van der Waals surface area contributed by atoms with Gasteiger partial charge in [0.1, 0.15) is 5.54 Å². The summed E-state index contributed by atoms with van der Waals surface area (Å²) in [6, 6.07) is 5.11. The third-order valence-corrected chi connectivity index (χ3v) is 4.66. The second-order valence-electron chi connectivity index (χ2n) is 5.90. The predicted octanol–water partition coefficient (Wildman–Crippen LogP) is 2.21. The second kappa shape index (κ2) is 6.07. The summed E-state index contributed by atoms with van der Waals surface area (Å²) >= 11 is 12.0. The lowest BCUT2D eigenvalue weighted by Crippen LogP contribution is -2.58. The van der Waals surface area contributed by atoms with Gasteiger partial charge >= 0.3 is 6.03 Å². The number of nitrogens with zero attached hydrogens (tertiary/aromatic N) is 1. The van der Waals surface area contributed by atoms with Crippen LogP contribution in [0.25, 0.3) is 0 Å². The van der Waals surface area contributed by atoms with Gasteiger partial charge < -0.3 is 10.2 Å². The molecule has 1 aromatic carbocycles. The Kier molecular flexibility index (Phi) is 4.30. The third kappa shape index (κ3) is 3.21. The molecule has 0 saturated carbocycles. The maximum Gasteiger partial charge on any atom is 0.322 e. The number of likely N-dealkylation sites (tertiary alicyclic amines) is 1. The number of halogens is 2. The van der Waals surface area contributed by atoms with E-state index in [0.717, 1.165) is 31.5 Å². The largest absolute Gasteiger partial charge is 0.322 e. The van der Waals surface area contributed by atoms with Crippen molar-refractivity contribution in [2.24, 2.45) is 0 Å². The van der Waals surface area contributed by atoms with Crippen LogP contribution in [0.5, 0.6) is 0 Å². The quantitative estimate of drug-likeness (QED) is 0.828. The summed E-state index contributed by atoms with van der Waals surface area (Å²) in [5, 5.41) is 6.37. The van der Waals surface area contributed by atoms with Gasteiger partial charge in [0.15, 0.2) is 0 Å². The molecular formula is C15H17Cl2N3O2. The molecule has 1 aromatic rings. The molecule has 2 fully saturated rings. The first-order valence-corrected chi connectivity index (χ1v) is 8.03. The molecule has 3 amide bonds. The Morgan fingerprint density at radius 3 is 2.55 bits per heavy atom. The van der Waals surface area contributed by atoms with Crippen molar-refractivity contribution < 1.29 is 9.59 Å². The van der Waals surface area contributed by atoms with Gasteiger partial charge in [0.05, 0.1) is 0 Å². The highest BCUT2D eigenvalue weighted by molar-refractivity contribution is 6.34. The number of nitrogens with one attached hydrogen (secondary N) is 2. The summed E-state index contributed by atoms with van der Waals surface area (Å²) in [4.78, 5) is 25.6. The zero-order valence-corrected chi connectivity index (χ0v) is 13.5. The first-order valence-electron chi connectivity index (χ1n) is 7.28. The molecule has 0 bridgehead atoms. The van der Waals surface area contributed by atoms with Crippen molar-refractivity contribution in [3.8, 4) is 0 Å². The Labute approximate surface area is 138 Å². The number of rotatable bonds is 3. The molecule has 7 heteroatoms. The molecule has 118 valence electrons. The summed E-state index contributed by atoms with van der Waals surface area (Å²) in [7, 11) is 0. The molecule has 1 unspecified atom stereocenters. The van der Waals surface area contributed by atoms with Gasteiger partial charge in [-0.05, 0) is 49.6 Å². The summed E-state index contributed by atoms with van der Waals surface area (Å²) in [5.74, 6) is -0.215. The van der Waals surface area contributed by atoms with E-state index in [9.17, 15) is 9.59 Å². The number of piperidine rings is 1. The van der Waals surface area contributed by atoms with E-state index in [0.29, 0.717) is 23.0 Å². The van der Waals surface area contributed by atoms with E-state index >= 15 is 0 Å². The van der Waals surface area contributed by atoms with Gasteiger partial charge in [-0.15, -0.1) is 0 Å². The van der Waals surface area contributed by atoms with E-state index < -0.39 is 11.6 Å². The Bertz CT molecular complexity index is 603. The van der Waals surface area contributed by atoms with Gasteiger partial charge in [-0.1, -0.05) is 23.2 Å². The normalized spacial score (nSPS) is 25.4. The first-order chi connectivity index (χ1) is 10.5. The standard InChI is InChI=1S/C15H17Cl2N3O2/c16-11-6-10(7-12(17)8-11)2-5-20-4-1-3-15(9-20)13(21)18-14(22)19-15/h6-8H,1-5,9H2,(H2,18,19,21,22). The molecule has 0 radical (unpaired) electrons. The van der Waals surface area contributed by atoms with E-state index in [-0.39, 0.29) is 5.91 Å². The zero-order chi connectivity index (χ0) is 15.7.